The molecule has 1 fully saturated rings. The van der Waals surface area contributed by atoms with Gasteiger partial charge in [-0.25, -0.2) is 4.79 Å². The average Bonchev–Trinajstić information content (AvgIpc) is 2.02. The molecule has 6 nitrogen and oxygen atoms in total. The SMILES string of the molecule is CC1(C)C(=O)NC(=O)N1C(=O)[O-].[Ag+]. The maximum absolute atomic E-state index is 11.0. The zero-order valence-corrected chi connectivity index (χ0v) is 8.36. The van der Waals surface area contributed by atoms with Crippen LogP contribution in [0.25, 0.3) is 0 Å². The first-order valence-corrected chi connectivity index (χ1v) is 3.24. The Morgan fingerprint density at radius 3 is 2.08 bits per heavy atom. The van der Waals surface area contributed by atoms with E-state index in [1.165, 1.54) is 13.8 Å². The molecule has 0 aromatic heterocycles. The van der Waals surface area contributed by atoms with Gasteiger partial charge in [0.2, 0.25) is 0 Å². The molecule has 1 aliphatic rings. The molecule has 0 aliphatic carbocycles. The Kier molecular flexibility index (Phi) is 3.26. The van der Waals surface area contributed by atoms with Crippen molar-refractivity contribution in [1.29, 1.82) is 0 Å². The second-order valence-corrected chi connectivity index (χ2v) is 2.92. The zero-order valence-electron chi connectivity index (χ0n) is 6.88. The molecule has 76 valence electrons. The van der Waals surface area contributed by atoms with Crippen LogP contribution in [0.2, 0.25) is 0 Å². The number of nitrogens with one attached hydrogen (secondary N) is 1. The van der Waals surface area contributed by atoms with E-state index in [0.29, 0.717) is 4.90 Å². The molecule has 0 radical (unpaired) electrons. The van der Waals surface area contributed by atoms with Crippen LogP contribution in [-0.4, -0.2) is 28.5 Å². The molecule has 1 rings (SSSR count). The topological polar surface area (TPSA) is 89.5 Å². The number of imide groups is 2. The number of carbonyl (C=O) groups is 3. The summed E-state index contributed by atoms with van der Waals surface area (Å²) in [7, 11) is 0. The fraction of sp³-hybridized carbons (Fsp3) is 0.500. The van der Waals surface area contributed by atoms with Gasteiger partial charge in [-0.15, -0.1) is 0 Å². The second kappa shape index (κ2) is 3.49. The number of hydrogen-bond acceptors (Lipinski definition) is 4. The largest absolute Gasteiger partial charge is 1.00 e. The third-order valence-corrected chi connectivity index (χ3v) is 1.72. The van der Waals surface area contributed by atoms with Gasteiger partial charge in [0.15, 0.2) is 0 Å². The fourth-order valence-corrected chi connectivity index (χ4v) is 0.973. The van der Waals surface area contributed by atoms with Crippen molar-refractivity contribution in [2.75, 3.05) is 0 Å². The van der Waals surface area contributed by atoms with Crippen molar-refractivity contribution in [3.63, 3.8) is 0 Å². The summed E-state index contributed by atoms with van der Waals surface area (Å²) in [6, 6.07) is -0.954. The van der Waals surface area contributed by atoms with Gasteiger partial charge in [0.25, 0.3) is 5.91 Å². The van der Waals surface area contributed by atoms with Crippen LogP contribution in [0.3, 0.4) is 0 Å². The van der Waals surface area contributed by atoms with Crippen LogP contribution in [-0.2, 0) is 27.2 Å². The summed E-state index contributed by atoms with van der Waals surface area (Å²) in [5.41, 5.74) is -1.37. The first-order chi connectivity index (χ1) is 5.37. The smallest absolute Gasteiger partial charge is 0.529 e. The van der Waals surface area contributed by atoms with Gasteiger partial charge in [-0.1, -0.05) is 0 Å². The van der Waals surface area contributed by atoms with Crippen LogP contribution in [0, 0.1) is 0 Å². The van der Waals surface area contributed by atoms with Gasteiger partial charge in [-0.2, -0.15) is 0 Å². The Morgan fingerprint density at radius 2 is 1.92 bits per heavy atom. The van der Waals surface area contributed by atoms with Crippen molar-refractivity contribution in [2.24, 2.45) is 0 Å². The molecule has 0 saturated carbocycles. The molecule has 0 aromatic carbocycles. The van der Waals surface area contributed by atoms with Gasteiger partial charge in [0, 0.05) is 0 Å². The Morgan fingerprint density at radius 1 is 1.46 bits per heavy atom. The summed E-state index contributed by atoms with van der Waals surface area (Å²) in [4.78, 5) is 32.5. The summed E-state index contributed by atoms with van der Waals surface area (Å²) in [6.07, 6.45) is -1.68. The molecule has 13 heavy (non-hydrogen) atoms. The Balaban J connectivity index is 0.00000144. The summed E-state index contributed by atoms with van der Waals surface area (Å²) in [5, 5.41) is 12.2. The van der Waals surface area contributed by atoms with Crippen molar-refractivity contribution >= 4 is 18.0 Å². The molecule has 0 atom stereocenters. The van der Waals surface area contributed by atoms with E-state index < -0.39 is 23.6 Å². The van der Waals surface area contributed by atoms with E-state index in [0.717, 1.165) is 0 Å². The van der Waals surface area contributed by atoms with E-state index in [1.807, 2.05) is 5.32 Å². The number of amides is 4. The maximum atomic E-state index is 11.0. The van der Waals surface area contributed by atoms with Gasteiger partial charge >= 0.3 is 28.4 Å². The van der Waals surface area contributed by atoms with Crippen LogP contribution >= 0.6 is 0 Å². The van der Waals surface area contributed by atoms with Crippen molar-refractivity contribution in [1.82, 2.24) is 10.2 Å². The first-order valence-electron chi connectivity index (χ1n) is 3.24. The molecule has 7 heteroatoms. The molecule has 4 amide bonds. The van der Waals surface area contributed by atoms with Crippen LogP contribution in [0.4, 0.5) is 9.59 Å². The first kappa shape index (κ1) is 12.2. The van der Waals surface area contributed by atoms with Crippen molar-refractivity contribution in [2.45, 2.75) is 19.4 Å². The molecule has 1 N–H and O–H groups in total. The van der Waals surface area contributed by atoms with Crippen molar-refractivity contribution < 1.29 is 41.9 Å². The summed E-state index contributed by atoms with van der Waals surface area (Å²) < 4.78 is 0. The van der Waals surface area contributed by atoms with Crippen LogP contribution < -0.4 is 10.4 Å². The Bertz CT molecular complexity index is 276. The molecule has 0 unspecified atom stereocenters. The standard InChI is InChI=1S/C6H8N2O4.Ag/c1-6(2)3(9)7-4(10)8(6)5(11)12;/h1-2H3,(H,11,12)(H,7,9,10);/q;+1/p-1. The van der Waals surface area contributed by atoms with E-state index >= 15 is 0 Å². The third-order valence-electron chi connectivity index (χ3n) is 1.72. The molecule has 1 aliphatic heterocycles. The number of rotatable bonds is 0. The number of nitrogens with zero attached hydrogens (tertiary/aromatic N) is 1. The maximum Gasteiger partial charge on any atom is 1.00 e. The van der Waals surface area contributed by atoms with E-state index in [9.17, 15) is 19.5 Å². The number of carboxylic acid groups (broad SMARTS) is 1. The molecular weight excluding hydrogens is 272 g/mol. The van der Waals surface area contributed by atoms with Gasteiger partial charge in [-0.05, 0) is 13.8 Å². The van der Waals surface area contributed by atoms with Crippen molar-refractivity contribution in [3.8, 4) is 0 Å². The van der Waals surface area contributed by atoms with Crippen LogP contribution in [0.15, 0.2) is 0 Å². The normalized spacial score (nSPS) is 19.4. The third kappa shape index (κ3) is 1.74. The average molecular weight is 279 g/mol. The molecule has 1 heterocycles. The zero-order chi connectivity index (χ0) is 9.52. The molecular formula is C6H7AgN2O4. The van der Waals surface area contributed by atoms with E-state index in [4.69, 9.17) is 0 Å². The predicted octanol–water partition coefficient (Wildman–Crippen LogP) is -1.34. The minimum absolute atomic E-state index is 0. The van der Waals surface area contributed by atoms with E-state index in [-0.39, 0.29) is 22.4 Å². The van der Waals surface area contributed by atoms with Gasteiger partial charge < -0.3 is 9.90 Å². The second-order valence-electron chi connectivity index (χ2n) is 2.92. The Labute approximate surface area is 89.8 Å². The summed E-state index contributed by atoms with van der Waals surface area (Å²) in [6.45, 7) is 2.64. The molecule has 0 spiro atoms. The van der Waals surface area contributed by atoms with Gasteiger partial charge in [0.05, 0.1) is 0 Å². The molecule has 0 bridgehead atoms. The quantitative estimate of drug-likeness (QED) is 0.439. The molecule has 0 aromatic rings. The predicted molar refractivity (Wildman–Crippen MR) is 34.9 cm³/mol. The fourth-order valence-electron chi connectivity index (χ4n) is 0.973. The summed E-state index contributed by atoms with van der Waals surface area (Å²) >= 11 is 0. The minimum Gasteiger partial charge on any atom is -0.529 e. The van der Waals surface area contributed by atoms with Gasteiger partial charge in [0.1, 0.15) is 11.6 Å². The number of urea groups is 1. The van der Waals surface area contributed by atoms with Crippen LogP contribution in [0.5, 0.6) is 0 Å². The minimum atomic E-state index is -1.68. The molecule has 1 saturated heterocycles. The van der Waals surface area contributed by atoms with Crippen LogP contribution in [0.1, 0.15) is 13.8 Å². The Hall–Kier alpha value is -0.850. The summed E-state index contributed by atoms with van der Waals surface area (Å²) in [5.74, 6) is -0.642. The van der Waals surface area contributed by atoms with E-state index in [1.54, 1.807) is 0 Å². The van der Waals surface area contributed by atoms with Gasteiger partial charge in [-0.3, -0.25) is 15.0 Å². The van der Waals surface area contributed by atoms with Crippen molar-refractivity contribution in [3.05, 3.63) is 0 Å². The monoisotopic (exact) mass is 278 g/mol. The number of hydrogen-bond donors (Lipinski definition) is 1. The number of carbonyl (C=O) groups excluding carboxylic acids is 3. The van der Waals surface area contributed by atoms with E-state index in [2.05, 4.69) is 0 Å².